The third-order valence-corrected chi connectivity index (χ3v) is 5.40. The number of aliphatic carboxylic acids is 1. The van der Waals surface area contributed by atoms with Gasteiger partial charge in [0.15, 0.2) is 9.84 Å². The van der Waals surface area contributed by atoms with E-state index in [4.69, 9.17) is 4.74 Å². The number of rotatable bonds is 4. The van der Waals surface area contributed by atoms with Gasteiger partial charge in [-0.1, -0.05) is 0 Å². The summed E-state index contributed by atoms with van der Waals surface area (Å²) in [5.74, 6) is -0.898. The molecule has 1 atom stereocenters. The van der Waals surface area contributed by atoms with Gasteiger partial charge in [-0.15, -0.1) is 0 Å². The highest BCUT2D eigenvalue weighted by Crippen LogP contribution is 2.36. The molecule has 1 aromatic heterocycles. The van der Waals surface area contributed by atoms with Gasteiger partial charge in [-0.2, -0.15) is 0 Å². The minimum Gasteiger partial charge on any atom is -0.497 e. The summed E-state index contributed by atoms with van der Waals surface area (Å²) < 4.78 is 28.4. The molecule has 1 aromatic rings. The van der Waals surface area contributed by atoms with Crippen molar-refractivity contribution in [2.45, 2.75) is 19.8 Å². The summed E-state index contributed by atoms with van der Waals surface area (Å²) in [4.78, 5) is 15.8. The first-order valence-electron chi connectivity index (χ1n) is 6.22. The first kappa shape index (κ1) is 14.8. The summed E-state index contributed by atoms with van der Waals surface area (Å²) in [6, 6.07) is 3.39. The molecule has 0 saturated carbocycles. The molecule has 2 rings (SSSR count). The highest BCUT2D eigenvalue weighted by Gasteiger charge is 2.48. The summed E-state index contributed by atoms with van der Waals surface area (Å²) in [7, 11) is -1.77. The zero-order chi connectivity index (χ0) is 15.0. The van der Waals surface area contributed by atoms with E-state index in [1.165, 1.54) is 7.11 Å². The molecule has 20 heavy (non-hydrogen) atoms. The molecule has 1 saturated heterocycles. The highest BCUT2D eigenvalue weighted by atomic mass is 32.2. The number of methoxy groups -OCH3 is 1. The number of ether oxygens (including phenoxy) is 1. The average molecular weight is 299 g/mol. The van der Waals surface area contributed by atoms with Crippen LogP contribution in [0.4, 0.5) is 0 Å². The number of sulfone groups is 1. The SMILES string of the molecule is COc1cc(C)nc(CC2(C(=O)O)CCS(=O)(=O)C2)c1. The van der Waals surface area contributed by atoms with E-state index in [1.807, 2.05) is 0 Å². The number of nitrogens with zero attached hydrogens (tertiary/aromatic N) is 1. The largest absolute Gasteiger partial charge is 0.497 e. The summed E-state index contributed by atoms with van der Waals surface area (Å²) in [5.41, 5.74) is -0.0212. The van der Waals surface area contributed by atoms with E-state index in [2.05, 4.69) is 4.98 Å². The van der Waals surface area contributed by atoms with E-state index >= 15 is 0 Å². The maximum absolute atomic E-state index is 11.6. The molecule has 0 spiro atoms. The van der Waals surface area contributed by atoms with Gasteiger partial charge < -0.3 is 9.84 Å². The Bertz CT molecular complexity index is 640. The zero-order valence-electron chi connectivity index (χ0n) is 11.4. The summed E-state index contributed by atoms with van der Waals surface area (Å²) in [6.45, 7) is 1.78. The van der Waals surface area contributed by atoms with E-state index in [-0.39, 0.29) is 24.3 Å². The lowest BCUT2D eigenvalue weighted by Gasteiger charge is -2.22. The number of carboxylic acids is 1. The Kier molecular flexibility index (Phi) is 3.73. The molecule has 110 valence electrons. The average Bonchev–Trinajstić information content (AvgIpc) is 2.65. The molecule has 6 nitrogen and oxygen atoms in total. The van der Waals surface area contributed by atoms with Gasteiger partial charge in [0, 0.05) is 29.9 Å². The number of aromatic nitrogens is 1. The first-order valence-corrected chi connectivity index (χ1v) is 8.04. The van der Waals surface area contributed by atoms with Gasteiger partial charge in [0.25, 0.3) is 0 Å². The van der Waals surface area contributed by atoms with Crippen LogP contribution in [0.15, 0.2) is 12.1 Å². The number of hydrogen-bond donors (Lipinski definition) is 1. The molecule has 1 unspecified atom stereocenters. The van der Waals surface area contributed by atoms with Gasteiger partial charge in [-0.25, -0.2) is 8.42 Å². The van der Waals surface area contributed by atoms with Gasteiger partial charge in [0.05, 0.1) is 24.0 Å². The number of hydrogen-bond acceptors (Lipinski definition) is 5. The van der Waals surface area contributed by atoms with Crippen LogP contribution in [0.25, 0.3) is 0 Å². The standard InChI is InChI=1S/C13H17NO5S/c1-9-5-11(19-2)6-10(14-9)7-13(12(15)16)3-4-20(17,18)8-13/h5-6H,3-4,7-8H2,1-2H3,(H,15,16). The lowest BCUT2D eigenvalue weighted by Crippen LogP contribution is -2.35. The molecular weight excluding hydrogens is 282 g/mol. The fourth-order valence-corrected chi connectivity index (χ4v) is 4.62. The van der Waals surface area contributed by atoms with Crippen molar-refractivity contribution >= 4 is 15.8 Å². The Labute approximate surface area is 117 Å². The van der Waals surface area contributed by atoms with Crippen molar-refractivity contribution in [3.8, 4) is 5.75 Å². The van der Waals surface area contributed by atoms with Crippen LogP contribution in [0.1, 0.15) is 17.8 Å². The molecule has 0 aromatic carbocycles. The Hall–Kier alpha value is -1.63. The van der Waals surface area contributed by atoms with Crippen molar-refractivity contribution < 1.29 is 23.1 Å². The van der Waals surface area contributed by atoms with Crippen LogP contribution in [-0.2, 0) is 21.1 Å². The van der Waals surface area contributed by atoms with Gasteiger partial charge in [0.2, 0.25) is 0 Å². The maximum Gasteiger partial charge on any atom is 0.311 e. The molecule has 7 heteroatoms. The summed E-state index contributed by atoms with van der Waals surface area (Å²) in [6.07, 6.45) is 0.224. The second kappa shape index (κ2) is 5.05. The van der Waals surface area contributed by atoms with Crippen molar-refractivity contribution in [1.29, 1.82) is 0 Å². The molecule has 1 aliphatic rings. The van der Waals surface area contributed by atoms with Gasteiger partial charge in [-0.3, -0.25) is 9.78 Å². The van der Waals surface area contributed by atoms with E-state index < -0.39 is 21.2 Å². The van der Waals surface area contributed by atoms with Crippen molar-refractivity contribution in [2.24, 2.45) is 5.41 Å². The van der Waals surface area contributed by atoms with Crippen molar-refractivity contribution in [3.63, 3.8) is 0 Å². The number of carboxylic acid groups (broad SMARTS) is 1. The molecule has 0 bridgehead atoms. The third kappa shape index (κ3) is 2.92. The molecule has 2 heterocycles. The van der Waals surface area contributed by atoms with Gasteiger partial charge in [-0.05, 0) is 13.3 Å². The quantitative estimate of drug-likeness (QED) is 0.885. The molecule has 1 N–H and O–H groups in total. The van der Waals surface area contributed by atoms with E-state index in [0.29, 0.717) is 17.1 Å². The second-order valence-corrected chi connectivity index (χ2v) is 7.43. The fraction of sp³-hybridized carbons (Fsp3) is 0.538. The Morgan fingerprint density at radius 1 is 1.50 bits per heavy atom. The highest BCUT2D eigenvalue weighted by molar-refractivity contribution is 7.91. The van der Waals surface area contributed by atoms with Gasteiger partial charge >= 0.3 is 5.97 Å². The predicted molar refractivity (Wildman–Crippen MR) is 72.6 cm³/mol. The van der Waals surface area contributed by atoms with Crippen molar-refractivity contribution in [1.82, 2.24) is 4.98 Å². The Morgan fingerprint density at radius 2 is 2.20 bits per heavy atom. The van der Waals surface area contributed by atoms with E-state index in [0.717, 1.165) is 0 Å². The summed E-state index contributed by atoms with van der Waals surface area (Å²) >= 11 is 0. The molecule has 0 amide bonds. The Morgan fingerprint density at radius 3 is 2.70 bits per heavy atom. The molecule has 0 radical (unpaired) electrons. The summed E-state index contributed by atoms with van der Waals surface area (Å²) in [5, 5.41) is 9.43. The molecule has 0 aliphatic carbocycles. The van der Waals surface area contributed by atoms with Crippen LogP contribution < -0.4 is 4.74 Å². The molecular formula is C13H17NO5S. The topological polar surface area (TPSA) is 93.6 Å². The number of pyridine rings is 1. The van der Waals surface area contributed by atoms with Crippen LogP contribution in [0, 0.1) is 12.3 Å². The molecule has 1 fully saturated rings. The number of carbonyl (C=O) groups is 1. The second-order valence-electron chi connectivity index (χ2n) is 5.24. The third-order valence-electron chi connectivity index (χ3n) is 3.58. The minimum atomic E-state index is -3.28. The Balaban J connectivity index is 2.35. The fourth-order valence-electron chi connectivity index (χ4n) is 2.56. The van der Waals surface area contributed by atoms with E-state index in [9.17, 15) is 18.3 Å². The van der Waals surface area contributed by atoms with E-state index in [1.54, 1.807) is 19.1 Å². The van der Waals surface area contributed by atoms with Crippen LogP contribution in [0.5, 0.6) is 5.75 Å². The first-order chi connectivity index (χ1) is 9.26. The normalized spacial score (nSPS) is 24.5. The predicted octanol–water partition coefficient (Wildman–Crippen LogP) is 0.831. The van der Waals surface area contributed by atoms with Crippen LogP contribution in [0.2, 0.25) is 0 Å². The molecule has 1 aliphatic heterocycles. The van der Waals surface area contributed by atoms with Gasteiger partial charge in [0.1, 0.15) is 5.75 Å². The zero-order valence-corrected chi connectivity index (χ0v) is 12.2. The van der Waals surface area contributed by atoms with Crippen LogP contribution >= 0.6 is 0 Å². The van der Waals surface area contributed by atoms with Crippen molar-refractivity contribution in [2.75, 3.05) is 18.6 Å². The number of aryl methyl sites for hydroxylation is 1. The minimum absolute atomic E-state index is 0.0811. The lowest BCUT2D eigenvalue weighted by molar-refractivity contribution is -0.147. The van der Waals surface area contributed by atoms with Crippen molar-refractivity contribution in [3.05, 3.63) is 23.5 Å². The monoisotopic (exact) mass is 299 g/mol. The maximum atomic E-state index is 11.6. The van der Waals surface area contributed by atoms with Crippen LogP contribution in [-0.4, -0.2) is 43.1 Å². The smallest absolute Gasteiger partial charge is 0.311 e. The lowest BCUT2D eigenvalue weighted by atomic mass is 9.82. The van der Waals surface area contributed by atoms with Crippen LogP contribution in [0.3, 0.4) is 0 Å².